The molecule has 1 fully saturated rings. The number of alkyl halides is 5. The van der Waals surface area contributed by atoms with Gasteiger partial charge in [-0.15, -0.1) is 0 Å². The van der Waals surface area contributed by atoms with Gasteiger partial charge in [-0.3, -0.25) is 4.79 Å². The van der Waals surface area contributed by atoms with Crippen molar-refractivity contribution in [3.05, 3.63) is 42.2 Å². The third-order valence-corrected chi connectivity index (χ3v) is 6.70. The molecule has 1 saturated carbocycles. The lowest BCUT2D eigenvalue weighted by Gasteiger charge is -2.36. The van der Waals surface area contributed by atoms with Crippen LogP contribution in [0.5, 0.6) is 0 Å². The maximum atomic E-state index is 13.8. The number of carbonyl (C=O) groups is 1. The molecule has 3 heterocycles. The highest BCUT2D eigenvalue weighted by atomic mass is 19.4. The van der Waals surface area contributed by atoms with E-state index in [9.17, 15) is 26.7 Å². The van der Waals surface area contributed by atoms with Gasteiger partial charge in [-0.1, -0.05) is 13.8 Å². The molecule has 1 unspecified atom stereocenters. The highest BCUT2D eigenvalue weighted by Crippen LogP contribution is 2.33. The first-order chi connectivity index (χ1) is 17.5. The number of oxazole rings is 1. The molecule has 1 atom stereocenters. The normalized spacial score (nSPS) is 22.5. The molecule has 13 heteroatoms. The van der Waals surface area contributed by atoms with Gasteiger partial charge in [0.2, 0.25) is 5.89 Å². The van der Waals surface area contributed by atoms with Gasteiger partial charge in [0.05, 0.1) is 5.70 Å². The number of hydrogen-bond acceptors (Lipinski definition) is 7. The minimum absolute atomic E-state index is 0.0260. The van der Waals surface area contributed by atoms with E-state index in [1.54, 1.807) is 5.01 Å². The van der Waals surface area contributed by atoms with Crippen LogP contribution in [-0.2, 0) is 0 Å². The standard InChI is InChI=1S/C24H29F5N6O2/c1-13(2)14-3-5-16(6-4-14)35-10-17(20(34-35)21(25)26)32-22(36)18-11-37-23(33-18)15-7-8-30-19(9-15)31-12-24(27,28)29/h7-11,13-14,16,20-21,34H,3-6,12H2,1-2H3,(H,30,31)(H,32,36). The van der Waals surface area contributed by atoms with Gasteiger partial charge < -0.3 is 20.1 Å². The zero-order valence-corrected chi connectivity index (χ0v) is 20.4. The fourth-order valence-electron chi connectivity index (χ4n) is 4.61. The summed E-state index contributed by atoms with van der Waals surface area (Å²) in [4.78, 5) is 20.7. The molecule has 0 radical (unpaired) electrons. The highest BCUT2D eigenvalue weighted by Gasteiger charge is 2.37. The van der Waals surface area contributed by atoms with Gasteiger partial charge in [0, 0.05) is 24.0 Å². The van der Waals surface area contributed by atoms with E-state index in [1.165, 1.54) is 24.5 Å². The molecule has 0 saturated heterocycles. The van der Waals surface area contributed by atoms with Crippen molar-refractivity contribution in [3.63, 3.8) is 0 Å². The first-order valence-corrected chi connectivity index (χ1v) is 12.1. The fraction of sp³-hybridized carbons (Fsp3) is 0.542. The molecule has 3 N–H and O–H groups in total. The summed E-state index contributed by atoms with van der Waals surface area (Å²) in [7, 11) is 0. The Morgan fingerprint density at radius 1 is 1.24 bits per heavy atom. The number of amides is 1. The average Bonchev–Trinajstić information content (AvgIpc) is 3.51. The Balaban J connectivity index is 1.42. The molecule has 1 aliphatic carbocycles. The summed E-state index contributed by atoms with van der Waals surface area (Å²) >= 11 is 0. The van der Waals surface area contributed by atoms with E-state index in [0.29, 0.717) is 11.8 Å². The lowest BCUT2D eigenvalue weighted by molar-refractivity contribution is -0.115. The highest BCUT2D eigenvalue weighted by molar-refractivity contribution is 5.93. The molecule has 0 bridgehead atoms. The number of anilines is 1. The molecule has 2 aliphatic rings. The van der Waals surface area contributed by atoms with Crippen molar-refractivity contribution < 1.29 is 31.2 Å². The zero-order chi connectivity index (χ0) is 26.7. The van der Waals surface area contributed by atoms with E-state index in [-0.39, 0.29) is 34.7 Å². The third-order valence-electron chi connectivity index (χ3n) is 6.70. The van der Waals surface area contributed by atoms with Gasteiger partial charge in [-0.2, -0.15) is 13.2 Å². The van der Waals surface area contributed by atoms with Crippen LogP contribution in [0.1, 0.15) is 50.0 Å². The average molecular weight is 529 g/mol. The Morgan fingerprint density at radius 2 is 1.97 bits per heavy atom. The van der Waals surface area contributed by atoms with E-state index in [1.807, 2.05) is 0 Å². The smallest absolute Gasteiger partial charge is 0.405 e. The number of carbonyl (C=O) groups excluding carboxylic acids is 1. The van der Waals surface area contributed by atoms with Crippen molar-refractivity contribution in [1.82, 2.24) is 25.7 Å². The molecule has 2 aromatic rings. The monoisotopic (exact) mass is 528 g/mol. The maximum absolute atomic E-state index is 13.8. The quantitative estimate of drug-likeness (QED) is 0.418. The Morgan fingerprint density at radius 3 is 2.62 bits per heavy atom. The number of hydrogen-bond donors (Lipinski definition) is 3. The summed E-state index contributed by atoms with van der Waals surface area (Å²) in [6, 6.07) is 1.42. The van der Waals surface area contributed by atoms with E-state index < -0.39 is 31.1 Å². The third kappa shape index (κ3) is 6.76. The summed E-state index contributed by atoms with van der Waals surface area (Å²) in [5.41, 5.74) is 2.96. The second kappa shape index (κ2) is 11.0. The van der Waals surface area contributed by atoms with Gasteiger partial charge in [-0.05, 0) is 49.7 Å². The van der Waals surface area contributed by atoms with Crippen LogP contribution in [0, 0.1) is 11.8 Å². The van der Waals surface area contributed by atoms with Crippen LogP contribution in [0.15, 0.2) is 40.9 Å². The lowest BCUT2D eigenvalue weighted by atomic mass is 9.79. The molecule has 2 aromatic heterocycles. The topological polar surface area (TPSA) is 95.3 Å². The van der Waals surface area contributed by atoms with Crippen LogP contribution in [-0.4, -0.2) is 52.1 Å². The van der Waals surface area contributed by atoms with Crippen molar-refractivity contribution in [3.8, 4) is 11.5 Å². The molecule has 0 aromatic carbocycles. The molecule has 202 valence electrons. The summed E-state index contributed by atoms with van der Waals surface area (Å²) in [5.74, 6) is 0.363. The Hall–Kier alpha value is -3.22. The molecular weight excluding hydrogens is 499 g/mol. The number of rotatable bonds is 8. The Labute approximate surface area is 210 Å². The van der Waals surface area contributed by atoms with Crippen LogP contribution in [0.4, 0.5) is 27.8 Å². The molecule has 1 amide bonds. The van der Waals surface area contributed by atoms with Crippen LogP contribution in [0.25, 0.3) is 11.5 Å². The van der Waals surface area contributed by atoms with Gasteiger partial charge in [-0.25, -0.2) is 24.2 Å². The van der Waals surface area contributed by atoms with Gasteiger partial charge in [0.1, 0.15) is 24.7 Å². The van der Waals surface area contributed by atoms with Crippen LogP contribution in [0.2, 0.25) is 0 Å². The number of pyridine rings is 1. The van der Waals surface area contributed by atoms with Crippen molar-refractivity contribution in [2.45, 2.75) is 64.2 Å². The van der Waals surface area contributed by atoms with Crippen LogP contribution >= 0.6 is 0 Å². The summed E-state index contributed by atoms with van der Waals surface area (Å²) in [5, 5.41) is 6.32. The van der Waals surface area contributed by atoms with Crippen molar-refractivity contribution in [1.29, 1.82) is 0 Å². The molecule has 1 aliphatic heterocycles. The lowest BCUT2D eigenvalue weighted by Crippen LogP contribution is -2.47. The van der Waals surface area contributed by atoms with Crippen molar-refractivity contribution in [2.24, 2.45) is 11.8 Å². The van der Waals surface area contributed by atoms with Gasteiger partial charge in [0.25, 0.3) is 12.3 Å². The molecule has 37 heavy (non-hydrogen) atoms. The van der Waals surface area contributed by atoms with Gasteiger partial charge in [0.15, 0.2) is 5.69 Å². The summed E-state index contributed by atoms with van der Waals surface area (Å²) in [6.45, 7) is 3.10. The second-order valence-electron chi connectivity index (χ2n) is 9.64. The Bertz CT molecular complexity index is 1110. The zero-order valence-electron chi connectivity index (χ0n) is 20.4. The number of hydrazine groups is 1. The molecule has 8 nitrogen and oxygen atoms in total. The summed E-state index contributed by atoms with van der Waals surface area (Å²) < 4.78 is 70.2. The number of nitrogens with one attached hydrogen (secondary N) is 3. The van der Waals surface area contributed by atoms with E-state index in [2.05, 4.69) is 39.9 Å². The van der Waals surface area contributed by atoms with Gasteiger partial charge >= 0.3 is 6.18 Å². The largest absolute Gasteiger partial charge is 0.444 e. The minimum Gasteiger partial charge on any atom is -0.444 e. The number of aromatic nitrogens is 2. The first kappa shape index (κ1) is 26.8. The predicted octanol–water partition coefficient (Wildman–Crippen LogP) is 4.95. The second-order valence-corrected chi connectivity index (χ2v) is 9.64. The minimum atomic E-state index is -4.42. The van der Waals surface area contributed by atoms with E-state index >= 15 is 0 Å². The van der Waals surface area contributed by atoms with Crippen LogP contribution < -0.4 is 16.1 Å². The van der Waals surface area contributed by atoms with Crippen molar-refractivity contribution in [2.75, 3.05) is 11.9 Å². The van der Waals surface area contributed by atoms with Crippen LogP contribution in [0.3, 0.4) is 0 Å². The Kier molecular flexibility index (Phi) is 8.00. The van der Waals surface area contributed by atoms with Crippen molar-refractivity contribution >= 4 is 11.7 Å². The molecule has 0 spiro atoms. The number of halogens is 5. The number of nitrogens with zero attached hydrogens (tertiary/aromatic N) is 3. The summed E-state index contributed by atoms with van der Waals surface area (Å²) in [6.07, 6.45) is 0.411. The molecular formula is C24H29F5N6O2. The fourth-order valence-corrected chi connectivity index (χ4v) is 4.61. The van der Waals surface area contributed by atoms with E-state index in [0.717, 1.165) is 31.9 Å². The molecule has 4 rings (SSSR count). The van der Waals surface area contributed by atoms with E-state index in [4.69, 9.17) is 4.42 Å². The SMILES string of the molecule is CC(C)C1CCC(N2C=C(NC(=O)c3coc(-c4ccnc(NCC(F)(F)F)c4)n3)C(C(F)F)N2)CC1. The predicted molar refractivity (Wildman–Crippen MR) is 125 cm³/mol. The first-order valence-electron chi connectivity index (χ1n) is 12.1. The maximum Gasteiger partial charge on any atom is 0.405 e.